The van der Waals surface area contributed by atoms with Crippen LogP contribution >= 0.6 is 0 Å². The first-order valence-corrected chi connectivity index (χ1v) is 3.87. The van der Waals surface area contributed by atoms with E-state index in [4.69, 9.17) is 11.6 Å². The van der Waals surface area contributed by atoms with Gasteiger partial charge in [-0.15, -0.1) is 0 Å². The molecule has 0 saturated carbocycles. The Kier molecular flexibility index (Phi) is 3.39. The lowest BCUT2D eigenvalue weighted by Gasteiger charge is -2.21. The lowest BCUT2D eigenvalue weighted by Crippen LogP contribution is -2.28. The fourth-order valence-electron chi connectivity index (χ4n) is 0.464. The summed E-state index contributed by atoms with van der Waals surface area (Å²) >= 11 is 0. The highest BCUT2D eigenvalue weighted by molar-refractivity contribution is 5.04. The second kappa shape index (κ2) is 3.62. The van der Waals surface area contributed by atoms with E-state index >= 15 is 0 Å². The minimum absolute atomic E-state index is 0.00674. The van der Waals surface area contributed by atoms with Crippen LogP contribution < -0.4 is 11.6 Å². The molecule has 4 N–H and O–H groups in total. The van der Waals surface area contributed by atoms with Gasteiger partial charge >= 0.3 is 0 Å². The lowest BCUT2D eigenvalue weighted by molar-refractivity contribution is 0.392. The average molecular weight is 157 g/mol. The van der Waals surface area contributed by atoms with Gasteiger partial charge in [0.2, 0.25) is 0 Å². The van der Waals surface area contributed by atoms with Crippen molar-refractivity contribution in [1.29, 1.82) is 0 Å². The van der Waals surface area contributed by atoms with Gasteiger partial charge in [-0.05, 0) is 6.92 Å². The van der Waals surface area contributed by atoms with Crippen molar-refractivity contribution in [3.05, 3.63) is 11.9 Å². The van der Waals surface area contributed by atoms with Crippen LogP contribution in [0.1, 0.15) is 27.7 Å². The van der Waals surface area contributed by atoms with E-state index in [0.29, 0.717) is 0 Å². The topological polar surface area (TPSA) is 55.3 Å². The molecule has 0 heterocycles. The molecule has 3 nitrogen and oxygen atoms in total. The van der Waals surface area contributed by atoms with Gasteiger partial charge in [0.05, 0.1) is 0 Å². The number of allylic oxidation sites excluding steroid dienone is 1. The minimum atomic E-state index is 0.00674. The predicted molar refractivity (Wildman–Crippen MR) is 48.3 cm³/mol. The molecular formula is C8H19N3. The van der Waals surface area contributed by atoms with Crippen molar-refractivity contribution in [2.45, 2.75) is 27.7 Å². The molecule has 0 bridgehead atoms. The zero-order valence-corrected chi connectivity index (χ0v) is 7.89. The summed E-state index contributed by atoms with van der Waals surface area (Å²) in [6.45, 7) is 8.93. The van der Waals surface area contributed by atoms with Gasteiger partial charge in [0, 0.05) is 23.9 Å². The predicted octanol–water partition coefficient (Wildman–Crippen LogP) is 1.03. The van der Waals surface area contributed by atoms with E-state index in [1.54, 1.807) is 11.2 Å². The van der Waals surface area contributed by atoms with Crippen LogP contribution in [-0.2, 0) is 0 Å². The van der Waals surface area contributed by atoms with Gasteiger partial charge in [0.15, 0.2) is 0 Å². The molecule has 0 radical (unpaired) electrons. The van der Waals surface area contributed by atoms with E-state index in [2.05, 4.69) is 20.8 Å². The third kappa shape index (κ3) is 3.88. The Labute approximate surface area is 69.0 Å². The number of hydrogen-bond donors (Lipinski definition) is 2. The highest BCUT2D eigenvalue weighted by Crippen LogP contribution is 2.20. The van der Waals surface area contributed by atoms with E-state index in [1.807, 2.05) is 6.92 Å². The summed E-state index contributed by atoms with van der Waals surface area (Å²) in [6, 6.07) is 0. The maximum absolute atomic E-state index is 5.77. The lowest BCUT2D eigenvalue weighted by atomic mass is 9.93. The van der Waals surface area contributed by atoms with Crippen LogP contribution in [0.2, 0.25) is 0 Å². The smallest absolute Gasteiger partial charge is 0.0348 e. The molecule has 0 spiro atoms. The second-order valence-corrected chi connectivity index (χ2v) is 3.66. The van der Waals surface area contributed by atoms with E-state index in [9.17, 15) is 0 Å². The Morgan fingerprint density at radius 1 is 1.45 bits per heavy atom. The first-order chi connectivity index (χ1) is 4.88. The largest absolute Gasteiger partial charge is 0.400 e. The fourth-order valence-corrected chi connectivity index (χ4v) is 0.464. The summed E-state index contributed by atoms with van der Waals surface area (Å²) in [7, 11) is 0. The van der Waals surface area contributed by atoms with Gasteiger partial charge in [0.1, 0.15) is 0 Å². The quantitative estimate of drug-likeness (QED) is 0.465. The van der Waals surface area contributed by atoms with E-state index in [0.717, 1.165) is 12.2 Å². The van der Waals surface area contributed by atoms with Crippen LogP contribution in [0.15, 0.2) is 11.9 Å². The highest BCUT2D eigenvalue weighted by atomic mass is 15.4. The summed E-state index contributed by atoms with van der Waals surface area (Å²) < 4.78 is 0. The summed E-state index contributed by atoms with van der Waals surface area (Å²) in [6.07, 6.45) is 1.78. The van der Waals surface area contributed by atoms with Gasteiger partial charge in [0.25, 0.3) is 0 Å². The molecule has 0 saturated heterocycles. The normalized spacial score (nSPS) is 13.4. The molecule has 0 unspecified atom stereocenters. The van der Waals surface area contributed by atoms with Crippen molar-refractivity contribution < 1.29 is 0 Å². The highest BCUT2D eigenvalue weighted by Gasteiger charge is 2.13. The second-order valence-electron chi connectivity index (χ2n) is 3.66. The van der Waals surface area contributed by atoms with Crippen molar-refractivity contribution in [3.8, 4) is 0 Å². The Morgan fingerprint density at radius 2 is 1.91 bits per heavy atom. The molecule has 0 aromatic carbocycles. The summed E-state index contributed by atoms with van der Waals surface area (Å²) in [4.78, 5) is 0. The number of rotatable bonds is 2. The Morgan fingerprint density at radius 3 is 2.18 bits per heavy atom. The van der Waals surface area contributed by atoms with Gasteiger partial charge in [-0.1, -0.05) is 20.8 Å². The Hall–Kier alpha value is -0.700. The summed E-state index contributed by atoms with van der Waals surface area (Å²) in [5.41, 5.74) is 6.58. The third-order valence-corrected chi connectivity index (χ3v) is 1.54. The van der Waals surface area contributed by atoms with E-state index in [1.165, 1.54) is 0 Å². The van der Waals surface area contributed by atoms with Crippen LogP contribution in [-0.4, -0.2) is 11.6 Å². The third-order valence-electron chi connectivity index (χ3n) is 1.54. The monoisotopic (exact) mass is 157 g/mol. The zero-order chi connectivity index (χ0) is 9.07. The van der Waals surface area contributed by atoms with Crippen LogP contribution in [0.3, 0.4) is 0 Å². The van der Waals surface area contributed by atoms with Gasteiger partial charge < -0.3 is 10.7 Å². The van der Waals surface area contributed by atoms with Crippen molar-refractivity contribution in [2.24, 2.45) is 17.0 Å². The maximum atomic E-state index is 5.77. The maximum Gasteiger partial charge on any atom is 0.0348 e. The van der Waals surface area contributed by atoms with Crippen LogP contribution in [0, 0.1) is 5.41 Å². The Balaban J connectivity index is 4.22. The van der Waals surface area contributed by atoms with Crippen molar-refractivity contribution in [2.75, 3.05) is 6.54 Å². The summed E-state index contributed by atoms with van der Waals surface area (Å²) in [5, 5.41) is 1.58. The molecule has 3 heteroatoms. The molecular weight excluding hydrogens is 138 g/mol. The van der Waals surface area contributed by atoms with Gasteiger partial charge in [-0.3, -0.25) is 0 Å². The molecule has 0 aliphatic rings. The van der Waals surface area contributed by atoms with E-state index in [-0.39, 0.29) is 5.41 Å². The van der Waals surface area contributed by atoms with E-state index < -0.39 is 0 Å². The molecule has 0 fully saturated rings. The minimum Gasteiger partial charge on any atom is -0.400 e. The molecule has 66 valence electrons. The fraction of sp³-hybridized carbons (Fsp3) is 0.750. The molecule has 0 aromatic heterocycles. The number of nitrogens with two attached hydrogens (primary N) is 2. The van der Waals surface area contributed by atoms with Crippen molar-refractivity contribution in [3.63, 3.8) is 0 Å². The first kappa shape index (κ1) is 10.3. The van der Waals surface area contributed by atoms with Crippen LogP contribution in [0.5, 0.6) is 0 Å². The number of hydrazine groups is 1. The molecule has 0 amide bonds. The standard InChI is InChI=1S/C8H19N3/c1-5-11(10)6-7(9)8(2,3)4/h6H,5,9-10H2,1-4H3/b7-6-. The molecule has 0 aliphatic heterocycles. The molecule has 11 heavy (non-hydrogen) atoms. The molecule has 0 atom stereocenters. The molecule has 0 aromatic rings. The zero-order valence-electron chi connectivity index (χ0n) is 7.89. The van der Waals surface area contributed by atoms with Crippen molar-refractivity contribution in [1.82, 2.24) is 5.01 Å². The first-order valence-electron chi connectivity index (χ1n) is 3.87. The van der Waals surface area contributed by atoms with Crippen LogP contribution in [0.25, 0.3) is 0 Å². The van der Waals surface area contributed by atoms with Crippen molar-refractivity contribution >= 4 is 0 Å². The average Bonchev–Trinajstić information content (AvgIpc) is 1.85. The van der Waals surface area contributed by atoms with Gasteiger partial charge in [-0.25, -0.2) is 5.84 Å². The van der Waals surface area contributed by atoms with Gasteiger partial charge in [-0.2, -0.15) is 0 Å². The van der Waals surface area contributed by atoms with Crippen LogP contribution in [0.4, 0.5) is 0 Å². The SMILES string of the molecule is CCN(N)/C=C(\N)C(C)(C)C. The molecule has 0 aliphatic carbocycles. The summed E-state index contributed by atoms with van der Waals surface area (Å²) in [5.74, 6) is 5.55. The number of hydrogen-bond acceptors (Lipinski definition) is 3. The molecule has 0 rings (SSSR count). The Bertz CT molecular complexity index is 144. The number of nitrogens with zero attached hydrogens (tertiary/aromatic N) is 1.